The fraction of sp³-hybridized carbons (Fsp3) is 0.367. The summed E-state index contributed by atoms with van der Waals surface area (Å²) in [7, 11) is 0. The highest BCUT2D eigenvalue weighted by Crippen LogP contribution is 2.33. The highest BCUT2D eigenvalue weighted by molar-refractivity contribution is 7.09. The molecule has 10 heteroatoms. The van der Waals surface area contributed by atoms with Gasteiger partial charge in [-0.3, -0.25) is 9.88 Å². The standard InChI is InChI=1S/C30H35N7O2S/c1-21-29(22(2)36-20-35-21)39-30(38)34-17-23-8-10-24(11-9-23)19-37(15-13-31-18-27-32-14-16-40-27)26-7-3-5-25-6-4-12-33-28(25)26/h4,6,8-12,14,16,20,26,31H,3,5,7,13,15,17-19H2,1-2H3,(H,34,38). The topological polar surface area (TPSA) is 105 Å². The van der Waals surface area contributed by atoms with Crippen molar-refractivity contribution in [2.45, 2.75) is 58.8 Å². The van der Waals surface area contributed by atoms with Crippen LogP contribution in [-0.4, -0.2) is 44.0 Å². The molecule has 1 unspecified atom stereocenters. The smallest absolute Gasteiger partial charge is 0.406 e. The first-order valence-electron chi connectivity index (χ1n) is 13.7. The maximum Gasteiger partial charge on any atom is 0.412 e. The van der Waals surface area contributed by atoms with Crippen LogP contribution in [0.4, 0.5) is 4.79 Å². The van der Waals surface area contributed by atoms with Gasteiger partial charge in [0.1, 0.15) is 11.3 Å². The van der Waals surface area contributed by atoms with Crippen LogP contribution in [0.2, 0.25) is 0 Å². The van der Waals surface area contributed by atoms with Gasteiger partial charge in [0.15, 0.2) is 5.75 Å². The lowest BCUT2D eigenvalue weighted by Gasteiger charge is -2.35. The zero-order chi connectivity index (χ0) is 27.7. The van der Waals surface area contributed by atoms with E-state index in [0.717, 1.165) is 49.6 Å². The van der Waals surface area contributed by atoms with Crippen LogP contribution < -0.4 is 15.4 Å². The van der Waals surface area contributed by atoms with Crippen molar-refractivity contribution in [3.8, 4) is 5.75 Å². The number of aryl methyl sites for hydroxylation is 3. The number of hydrogen-bond acceptors (Lipinski definition) is 9. The molecule has 4 aromatic rings. The van der Waals surface area contributed by atoms with E-state index in [9.17, 15) is 4.79 Å². The summed E-state index contributed by atoms with van der Waals surface area (Å²) in [5, 5.41) is 9.49. The first kappa shape index (κ1) is 27.8. The van der Waals surface area contributed by atoms with Gasteiger partial charge in [-0.1, -0.05) is 30.3 Å². The van der Waals surface area contributed by atoms with E-state index in [4.69, 9.17) is 9.72 Å². The van der Waals surface area contributed by atoms with E-state index >= 15 is 0 Å². The number of hydrogen-bond donors (Lipinski definition) is 2. The molecular formula is C30H35N7O2S. The molecule has 1 atom stereocenters. The Morgan fingerprint density at radius 1 is 1.02 bits per heavy atom. The molecule has 1 amide bonds. The van der Waals surface area contributed by atoms with Gasteiger partial charge in [0.25, 0.3) is 0 Å². The van der Waals surface area contributed by atoms with Gasteiger partial charge in [0.2, 0.25) is 0 Å². The summed E-state index contributed by atoms with van der Waals surface area (Å²) >= 11 is 1.67. The van der Waals surface area contributed by atoms with Gasteiger partial charge >= 0.3 is 6.09 Å². The molecule has 1 aromatic carbocycles. The largest absolute Gasteiger partial charge is 0.412 e. The molecule has 0 radical (unpaired) electrons. The molecule has 0 spiro atoms. The summed E-state index contributed by atoms with van der Waals surface area (Å²) in [6.07, 6.45) is 8.06. The lowest BCUT2D eigenvalue weighted by atomic mass is 9.90. The molecule has 208 valence electrons. The Kier molecular flexibility index (Phi) is 9.43. The summed E-state index contributed by atoms with van der Waals surface area (Å²) in [5.41, 5.74) is 6.06. The van der Waals surface area contributed by atoms with E-state index in [0.29, 0.717) is 23.7 Å². The summed E-state index contributed by atoms with van der Waals surface area (Å²) in [6, 6.07) is 12.9. The first-order chi connectivity index (χ1) is 19.6. The third kappa shape index (κ3) is 7.26. The third-order valence-corrected chi connectivity index (χ3v) is 7.92. The van der Waals surface area contributed by atoms with Crippen LogP contribution in [0.1, 0.15) is 57.7 Å². The molecule has 1 aliphatic rings. The summed E-state index contributed by atoms with van der Waals surface area (Å²) < 4.78 is 5.44. The second-order valence-electron chi connectivity index (χ2n) is 9.96. The van der Waals surface area contributed by atoms with Crippen molar-refractivity contribution < 1.29 is 9.53 Å². The maximum atomic E-state index is 12.4. The predicted molar refractivity (Wildman–Crippen MR) is 155 cm³/mol. The molecule has 3 aromatic heterocycles. The predicted octanol–water partition coefficient (Wildman–Crippen LogP) is 4.90. The number of ether oxygens (including phenoxy) is 1. The summed E-state index contributed by atoms with van der Waals surface area (Å²) in [6.45, 7) is 7.33. The van der Waals surface area contributed by atoms with E-state index < -0.39 is 6.09 Å². The average Bonchev–Trinajstić information content (AvgIpc) is 3.50. The Morgan fingerprint density at radius 2 is 1.82 bits per heavy atom. The lowest BCUT2D eigenvalue weighted by molar-refractivity contribution is 0.166. The normalized spacial score (nSPS) is 14.6. The molecule has 0 saturated carbocycles. The summed E-state index contributed by atoms with van der Waals surface area (Å²) in [5.74, 6) is 0.398. The highest BCUT2D eigenvalue weighted by atomic mass is 32.1. The van der Waals surface area contributed by atoms with Gasteiger partial charge < -0.3 is 15.4 Å². The van der Waals surface area contributed by atoms with Gasteiger partial charge in [-0.15, -0.1) is 11.3 Å². The van der Waals surface area contributed by atoms with Gasteiger partial charge in [-0.05, 0) is 55.9 Å². The number of benzene rings is 1. The van der Waals surface area contributed by atoms with Gasteiger partial charge in [-0.2, -0.15) is 0 Å². The zero-order valence-electron chi connectivity index (χ0n) is 23.0. The van der Waals surface area contributed by atoms with Crippen molar-refractivity contribution in [3.05, 3.63) is 99.3 Å². The molecule has 0 fully saturated rings. The number of carbonyl (C=O) groups is 1. The maximum absolute atomic E-state index is 12.4. The number of carbonyl (C=O) groups excluding carboxylic acids is 1. The molecule has 3 heterocycles. The minimum atomic E-state index is -0.523. The van der Waals surface area contributed by atoms with Gasteiger partial charge in [0, 0.05) is 50.5 Å². The highest BCUT2D eigenvalue weighted by Gasteiger charge is 2.27. The first-order valence-corrected chi connectivity index (χ1v) is 14.5. The Morgan fingerprint density at radius 3 is 2.60 bits per heavy atom. The summed E-state index contributed by atoms with van der Waals surface area (Å²) in [4.78, 5) is 32.3. The number of fused-ring (bicyclic) bond motifs is 1. The van der Waals surface area contributed by atoms with Crippen molar-refractivity contribution in [2.24, 2.45) is 0 Å². The Bertz CT molecular complexity index is 1380. The van der Waals surface area contributed by atoms with Crippen molar-refractivity contribution in [3.63, 3.8) is 0 Å². The average molecular weight is 558 g/mol. The lowest BCUT2D eigenvalue weighted by Crippen LogP contribution is -2.36. The van der Waals surface area contributed by atoms with E-state index in [1.165, 1.54) is 29.6 Å². The van der Waals surface area contributed by atoms with Crippen LogP contribution in [0.15, 0.2) is 60.5 Å². The molecule has 0 saturated heterocycles. The van der Waals surface area contributed by atoms with Crippen LogP contribution in [0.3, 0.4) is 0 Å². The molecule has 1 aliphatic carbocycles. The van der Waals surface area contributed by atoms with E-state index in [-0.39, 0.29) is 6.04 Å². The van der Waals surface area contributed by atoms with Crippen LogP contribution >= 0.6 is 11.3 Å². The van der Waals surface area contributed by atoms with Crippen molar-refractivity contribution in [1.29, 1.82) is 0 Å². The minimum Gasteiger partial charge on any atom is -0.406 e. The van der Waals surface area contributed by atoms with Crippen molar-refractivity contribution in [1.82, 2.24) is 35.5 Å². The van der Waals surface area contributed by atoms with E-state index in [2.05, 4.69) is 60.8 Å². The number of aromatic nitrogens is 4. The van der Waals surface area contributed by atoms with Crippen molar-refractivity contribution >= 4 is 17.4 Å². The van der Waals surface area contributed by atoms with Crippen molar-refractivity contribution in [2.75, 3.05) is 13.1 Å². The fourth-order valence-electron chi connectivity index (χ4n) is 5.07. The number of thiazole rings is 1. The van der Waals surface area contributed by atoms with E-state index in [1.54, 1.807) is 25.2 Å². The molecular weight excluding hydrogens is 522 g/mol. The number of pyridine rings is 1. The number of nitrogens with zero attached hydrogens (tertiary/aromatic N) is 5. The second kappa shape index (κ2) is 13.6. The quantitative estimate of drug-likeness (QED) is 0.251. The molecule has 40 heavy (non-hydrogen) atoms. The molecule has 0 aliphatic heterocycles. The monoisotopic (exact) mass is 557 g/mol. The number of rotatable bonds is 11. The molecule has 9 nitrogen and oxygen atoms in total. The van der Waals surface area contributed by atoms with Crippen LogP contribution in [0, 0.1) is 13.8 Å². The molecule has 0 bridgehead atoms. The number of nitrogens with one attached hydrogen (secondary N) is 2. The van der Waals surface area contributed by atoms with E-state index in [1.807, 2.05) is 23.8 Å². The Labute approximate surface area is 239 Å². The Balaban J connectivity index is 1.20. The number of amides is 1. The van der Waals surface area contributed by atoms with Gasteiger partial charge in [0.05, 0.1) is 23.1 Å². The second-order valence-corrected chi connectivity index (χ2v) is 10.9. The molecule has 2 N–H and O–H groups in total. The molecule has 5 rings (SSSR count). The van der Waals surface area contributed by atoms with Gasteiger partial charge in [-0.25, -0.2) is 19.7 Å². The van der Waals surface area contributed by atoms with Crippen LogP contribution in [0.5, 0.6) is 5.75 Å². The Hall–Kier alpha value is -3.73. The third-order valence-electron chi connectivity index (χ3n) is 7.14. The zero-order valence-corrected chi connectivity index (χ0v) is 23.8. The SMILES string of the molecule is Cc1ncnc(C)c1OC(=O)NCc1ccc(CN(CCNCc2nccs2)C2CCCc3cccnc32)cc1. The fourth-order valence-corrected chi connectivity index (χ4v) is 5.66. The van der Waals surface area contributed by atoms with Crippen LogP contribution in [0.25, 0.3) is 0 Å². The minimum absolute atomic E-state index is 0.289. The van der Waals surface area contributed by atoms with Crippen LogP contribution in [-0.2, 0) is 26.1 Å².